The van der Waals surface area contributed by atoms with Crippen molar-refractivity contribution in [3.63, 3.8) is 0 Å². The second-order valence-corrected chi connectivity index (χ2v) is 36.9. The monoisotopic (exact) mass is 1480 g/mol. The third-order valence-electron chi connectivity index (χ3n) is 19.0. The van der Waals surface area contributed by atoms with Crippen molar-refractivity contribution in [2.45, 2.75) is 246 Å². The van der Waals surface area contributed by atoms with E-state index in [1.807, 2.05) is 182 Å². The van der Waals surface area contributed by atoms with Crippen molar-refractivity contribution in [1.29, 1.82) is 0 Å². The third kappa shape index (κ3) is 24.3. The molecule has 0 radical (unpaired) electrons. The lowest BCUT2D eigenvalue weighted by molar-refractivity contribution is -0.388. The lowest BCUT2D eigenvalue weighted by atomic mass is 9.93. The summed E-state index contributed by atoms with van der Waals surface area (Å²) in [5, 5.41) is -0.323. The first-order valence-corrected chi connectivity index (χ1v) is 40.1. The quantitative estimate of drug-likeness (QED) is 0.0119. The summed E-state index contributed by atoms with van der Waals surface area (Å²) in [5.74, 6) is -1.78. The van der Waals surface area contributed by atoms with Gasteiger partial charge in [0.2, 0.25) is 0 Å². The van der Waals surface area contributed by atoms with Crippen LogP contribution >= 0.6 is 0 Å². The fraction of sp³-hybridized carbons (Fsp3) is 0.523. The number of ether oxygens (including phenoxy) is 15. The Labute approximate surface area is 629 Å². The number of hydrogen-bond donors (Lipinski definition) is 0. The van der Waals surface area contributed by atoms with Gasteiger partial charge in [-0.25, -0.2) is 0 Å². The Morgan fingerprint density at radius 3 is 0.934 bits per heavy atom. The zero-order valence-corrected chi connectivity index (χ0v) is 65.5. The van der Waals surface area contributed by atoms with Crippen LogP contribution in [-0.2, 0) is 130 Å². The van der Waals surface area contributed by atoms with E-state index in [-0.39, 0.29) is 71.1 Å². The first kappa shape index (κ1) is 83.2. The standard InChI is InChI=1S/C86H114O19Si/c1-16-17-36-49-93-77-74(102-80(87)83(2,3)4)71(94-53-62-43-30-21-31-44-62)68(65(97-77)56-90-50-59-37-24-18-25-38-59)100-78-75(103-81(88)84(5,6)7)72(95-54-63-45-32-22-33-46-63)69(66(98-78)57-91-51-60-39-26-19-27-40-60)101-79-76(104-82(89)85(8,9)10)73(96-55-64-47-34-23-35-48-64)70(105-106(14,15)86(11,12)13)67(99-79)58-92-52-61-41-28-20-29-42-61/h16,18-35,37-48,65-79H,1,17,36,49-58H2,2-15H3/t65-,66-,67-,68-,69-,70-,71+,72+,73+,74-,75-,76-,77-,78+,79+/m1/s1. The van der Waals surface area contributed by atoms with Crippen molar-refractivity contribution in [3.05, 3.63) is 228 Å². The molecular formula is C86H114O19Si. The van der Waals surface area contributed by atoms with Crippen LogP contribution in [-0.4, -0.2) is 145 Å². The zero-order chi connectivity index (χ0) is 76.1. The molecule has 0 saturated carbocycles. The van der Waals surface area contributed by atoms with Crippen molar-refractivity contribution >= 4 is 26.2 Å². The molecule has 6 aromatic carbocycles. The number of rotatable bonds is 35. The average Bonchev–Trinajstić information content (AvgIpc) is 0.759. The molecule has 0 bridgehead atoms. The van der Waals surface area contributed by atoms with Gasteiger partial charge in [0.15, 0.2) is 45.5 Å². The van der Waals surface area contributed by atoms with Gasteiger partial charge >= 0.3 is 17.9 Å². The van der Waals surface area contributed by atoms with Crippen molar-refractivity contribution in [1.82, 2.24) is 0 Å². The van der Waals surface area contributed by atoms with Crippen molar-refractivity contribution in [3.8, 4) is 0 Å². The molecule has 576 valence electrons. The Bertz CT molecular complexity index is 3580. The first-order valence-electron chi connectivity index (χ1n) is 37.2. The summed E-state index contributed by atoms with van der Waals surface area (Å²) < 4.78 is 114. The molecule has 3 aliphatic heterocycles. The Morgan fingerprint density at radius 1 is 0.368 bits per heavy atom. The van der Waals surface area contributed by atoms with Crippen LogP contribution in [0.25, 0.3) is 0 Å². The summed E-state index contributed by atoms with van der Waals surface area (Å²) in [5.41, 5.74) is 1.89. The van der Waals surface area contributed by atoms with E-state index in [0.29, 0.717) is 12.8 Å². The van der Waals surface area contributed by atoms with E-state index in [1.165, 1.54) is 0 Å². The number of unbranched alkanes of at least 4 members (excludes halogenated alkanes) is 1. The summed E-state index contributed by atoms with van der Waals surface area (Å²) in [6.07, 6.45) is -16.0. The number of allylic oxidation sites excluding steroid dienone is 1. The van der Waals surface area contributed by atoms with Gasteiger partial charge in [-0.3, -0.25) is 14.4 Å². The molecule has 3 fully saturated rings. The fourth-order valence-corrected chi connectivity index (χ4v) is 13.2. The molecule has 15 atom stereocenters. The van der Waals surface area contributed by atoms with Gasteiger partial charge in [0.25, 0.3) is 0 Å². The summed E-state index contributed by atoms with van der Waals surface area (Å²) in [7, 11) is -2.80. The van der Waals surface area contributed by atoms with E-state index in [2.05, 4.69) is 40.4 Å². The summed E-state index contributed by atoms with van der Waals surface area (Å²) in [4.78, 5) is 44.8. The Kier molecular flexibility index (Phi) is 30.6. The van der Waals surface area contributed by atoms with Gasteiger partial charge in [-0.1, -0.05) is 209 Å². The molecule has 3 saturated heterocycles. The molecule has 0 aliphatic carbocycles. The topological polar surface area (TPSA) is 199 Å². The SMILES string of the molecule is C=CCCCO[C@@H]1O[C@H](COCc2ccccc2)[C@@H](O[C@@H]2O[C@H](COCc3ccccc3)[C@@H](O[C@@H]3O[C@H](COCc4ccccc4)[C@@H](O[Si](C)(C)C(C)(C)C)[C@H](OCc4ccccc4)[C@H]3OC(=O)C(C)(C)C)[C@H](OCc3ccccc3)[C@H]2OC(=O)C(C)(C)C)[C@H](OCc2ccccc2)[C@H]1OC(=O)C(C)(C)C. The predicted octanol–water partition coefficient (Wildman–Crippen LogP) is 15.6. The Balaban J connectivity index is 1.24. The van der Waals surface area contributed by atoms with Crippen LogP contribution in [0.2, 0.25) is 18.1 Å². The maximum absolute atomic E-state index is 15.3. The van der Waals surface area contributed by atoms with E-state index in [1.54, 1.807) is 68.4 Å². The highest BCUT2D eigenvalue weighted by Crippen LogP contribution is 2.44. The zero-order valence-electron chi connectivity index (χ0n) is 64.5. The Hall–Kier alpha value is -6.83. The number of benzene rings is 6. The van der Waals surface area contributed by atoms with E-state index in [0.717, 1.165) is 33.4 Å². The summed E-state index contributed by atoms with van der Waals surface area (Å²) in [6.45, 7) is 31.0. The fourth-order valence-electron chi connectivity index (χ4n) is 11.9. The minimum Gasteiger partial charge on any atom is -0.454 e. The molecule has 0 unspecified atom stereocenters. The number of carbonyl (C=O) groups is 3. The predicted molar refractivity (Wildman–Crippen MR) is 405 cm³/mol. The lowest BCUT2D eigenvalue weighted by Gasteiger charge is -2.52. The van der Waals surface area contributed by atoms with Gasteiger partial charge in [0.05, 0.1) is 82.3 Å². The molecule has 0 spiro atoms. The molecule has 106 heavy (non-hydrogen) atoms. The highest BCUT2D eigenvalue weighted by atomic mass is 28.4. The number of esters is 3. The van der Waals surface area contributed by atoms with Crippen molar-refractivity contribution in [2.75, 3.05) is 26.4 Å². The molecule has 9 rings (SSSR count). The van der Waals surface area contributed by atoms with Crippen LogP contribution in [0.4, 0.5) is 0 Å². The van der Waals surface area contributed by atoms with Gasteiger partial charge in [-0.15, -0.1) is 6.58 Å². The van der Waals surface area contributed by atoms with Gasteiger partial charge in [-0.2, -0.15) is 0 Å². The van der Waals surface area contributed by atoms with E-state index >= 15 is 9.59 Å². The van der Waals surface area contributed by atoms with Gasteiger partial charge in [-0.05, 0) is 127 Å². The molecule has 6 aromatic rings. The molecule has 3 heterocycles. The lowest BCUT2D eigenvalue weighted by Crippen LogP contribution is -2.69. The minimum absolute atomic E-state index is 0.0107. The summed E-state index contributed by atoms with van der Waals surface area (Å²) >= 11 is 0. The normalized spacial score (nSPS) is 25.3. The van der Waals surface area contributed by atoms with Crippen molar-refractivity contribution < 1.29 is 89.9 Å². The van der Waals surface area contributed by atoms with Gasteiger partial charge < -0.3 is 75.5 Å². The van der Waals surface area contributed by atoms with Crippen LogP contribution in [0.1, 0.15) is 129 Å². The van der Waals surface area contributed by atoms with Crippen LogP contribution in [0, 0.1) is 16.2 Å². The number of hydrogen-bond acceptors (Lipinski definition) is 19. The minimum atomic E-state index is -2.80. The largest absolute Gasteiger partial charge is 0.454 e. The average molecular weight is 1480 g/mol. The highest BCUT2D eigenvalue weighted by molar-refractivity contribution is 6.74. The van der Waals surface area contributed by atoms with Gasteiger partial charge in [0, 0.05) is 0 Å². The highest BCUT2D eigenvalue weighted by Gasteiger charge is 2.60. The van der Waals surface area contributed by atoms with E-state index in [4.69, 9.17) is 75.5 Å². The maximum Gasteiger partial charge on any atom is 0.311 e. The molecule has 0 amide bonds. The van der Waals surface area contributed by atoms with Crippen LogP contribution in [0.5, 0.6) is 0 Å². The molecule has 20 heteroatoms. The van der Waals surface area contributed by atoms with E-state index in [9.17, 15) is 4.79 Å². The first-order chi connectivity index (χ1) is 50.6. The molecule has 3 aliphatic rings. The molecular weight excluding hydrogens is 1370 g/mol. The smallest absolute Gasteiger partial charge is 0.311 e. The van der Waals surface area contributed by atoms with Gasteiger partial charge in [0.1, 0.15) is 54.9 Å². The van der Waals surface area contributed by atoms with Crippen LogP contribution < -0.4 is 0 Å². The Morgan fingerprint density at radius 2 is 0.642 bits per heavy atom. The van der Waals surface area contributed by atoms with Crippen LogP contribution in [0.3, 0.4) is 0 Å². The van der Waals surface area contributed by atoms with E-state index < -0.39 is 135 Å². The van der Waals surface area contributed by atoms with Crippen molar-refractivity contribution in [2.24, 2.45) is 16.2 Å². The summed E-state index contributed by atoms with van der Waals surface area (Å²) in [6, 6.07) is 58.1. The van der Waals surface area contributed by atoms with Crippen LogP contribution in [0.15, 0.2) is 195 Å². The molecule has 19 nitrogen and oxygen atoms in total. The number of carbonyl (C=O) groups excluding carboxylic acids is 3. The maximum atomic E-state index is 15.3. The molecule has 0 aromatic heterocycles. The third-order valence-corrected chi connectivity index (χ3v) is 23.5. The molecule has 0 N–H and O–H groups in total. The second kappa shape index (κ2) is 39.0. The second-order valence-electron chi connectivity index (χ2n) is 32.1.